The first-order chi connectivity index (χ1) is 8.79. The van der Waals surface area contributed by atoms with E-state index in [1.54, 1.807) is 6.07 Å². The van der Waals surface area contributed by atoms with Gasteiger partial charge in [0.2, 0.25) is 0 Å². The molecule has 3 nitrogen and oxygen atoms in total. The summed E-state index contributed by atoms with van der Waals surface area (Å²) in [6.45, 7) is 1.85. The number of amides is 1. The van der Waals surface area contributed by atoms with Gasteiger partial charge in [-0.1, -0.05) is 23.8 Å². The van der Waals surface area contributed by atoms with Gasteiger partial charge in [0.15, 0.2) is 0 Å². The van der Waals surface area contributed by atoms with Crippen LogP contribution in [0.4, 0.5) is 13.2 Å². The molecule has 0 bridgehead atoms. The minimum Gasteiger partial charge on any atom is -0.341 e. The molecular formula is C13H15F3N2O. The van der Waals surface area contributed by atoms with E-state index in [0.29, 0.717) is 18.4 Å². The minimum absolute atomic E-state index is 0.186. The maximum Gasteiger partial charge on any atom is 0.471 e. The highest BCUT2D eigenvalue weighted by molar-refractivity contribution is 5.82. The predicted octanol–water partition coefficient (Wildman–Crippen LogP) is 2.51. The van der Waals surface area contributed by atoms with Gasteiger partial charge in [-0.25, -0.2) is 0 Å². The Kier molecular flexibility index (Phi) is 3.54. The van der Waals surface area contributed by atoms with Crippen molar-refractivity contribution in [2.24, 2.45) is 5.73 Å². The fraction of sp³-hybridized carbons (Fsp3) is 0.462. The van der Waals surface area contributed by atoms with Crippen molar-refractivity contribution in [1.29, 1.82) is 0 Å². The second-order valence-electron chi connectivity index (χ2n) is 4.84. The number of carbonyl (C=O) groups excluding carboxylic acids is 1. The Morgan fingerprint density at radius 1 is 1.32 bits per heavy atom. The van der Waals surface area contributed by atoms with E-state index < -0.39 is 18.1 Å². The van der Waals surface area contributed by atoms with Gasteiger partial charge >= 0.3 is 12.1 Å². The molecule has 1 aromatic rings. The summed E-state index contributed by atoms with van der Waals surface area (Å²) in [5.74, 6) is -1.90. The zero-order chi connectivity index (χ0) is 14.2. The highest BCUT2D eigenvalue weighted by Crippen LogP contribution is 2.35. The number of fused-ring (bicyclic) bond motifs is 1. The summed E-state index contributed by atoms with van der Waals surface area (Å²) in [6, 6.07) is 4.67. The Morgan fingerprint density at radius 2 is 2.00 bits per heavy atom. The maximum atomic E-state index is 12.3. The SMILES string of the molecule is Cc1ccc2c(c1)C(NC(=O)C(F)(F)F)CCC2N. The number of alkyl halides is 3. The largest absolute Gasteiger partial charge is 0.471 e. The summed E-state index contributed by atoms with van der Waals surface area (Å²) in [7, 11) is 0. The van der Waals surface area contributed by atoms with Crippen LogP contribution >= 0.6 is 0 Å². The molecule has 3 N–H and O–H groups in total. The smallest absolute Gasteiger partial charge is 0.341 e. The van der Waals surface area contributed by atoms with E-state index in [1.165, 1.54) is 0 Å². The average molecular weight is 272 g/mol. The van der Waals surface area contributed by atoms with Gasteiger partial charge in [0.25, 0.3) is 0 Å². The number of carbonyl (C=O) groups is 1. The Morgan fingerprint density at radius 3 is 2.63 bits per heavy atom. The van der Waals surface area contributed by atoms with E-state index in [-0.39, 0.29) is 6.04 Å². The molecule has 2 atom stereocenters. The first-order valence-electron chi connectivity index (χ1n) is 6.02. The van der Waals surface area contributed by atoms with E-state index in [0.717, 1.165) is 11.1 Å². The molecule has 1 amide bonds. The quantitative estimate of drug-likeness (QED) is 0.825. The number of benzene rings is 1. The number of hydrogen-bond acceptors (Lipinski definition) is 2. The summed E-state index contributed by atoms with van der Waals surface area (Å²) in [5, 5.41) is 2.04. The van der Waals surface area contributed by atoms with Crippen molar-refractivity contribution >= 4 is 5.91 Å². The van der Waals surface area contributed by atoms with E-state index in [9.17, 15) is 18.0 Å². The zero-order valence-corrected chi connectivity index (χ0v) is 10.4. The molecule has 0 saturated carbocycles. The first-order valence-corrected chi connectivity index (χ1v) is 6.02. The molecule has 104 valence electrons. The highest BCUT2D eigenvalue weighted by atomic mass is 19.4. The van der Waals surface area contributed by atoms with Crippen LogP contribution in [-0.2, 0) is 4.79 Å². The van der Waals surface area contributed by atoms with Crippen LogP contribution in [0, 0.1) is 6.92 Å². The van der Waals surface area contributed by atoms with E-state index in [1.807, 2.05) is 24.4 Å². The van der Waals surface area contributed by atoms with Gasteiger partial charge in [0, 0.05) is 6.04 Å². The fourth-order valence-electron chi connectivity index (χ4n) is 2.38. The third-order valence-corrected chi connectivity index (χ3v) is 3.35. The van der Waals surface area contributed by atoms with Gasteiger partial charge in [0.05, 0.1) is 6.04 Å². The molecule has 0 radical (unpaired) electrons. The Balaban J connectivity index is 2.28. The summed E-state index contributed by atoms with van der Waals surface area (Å²) >= 11 is 0. The van der Waals surface area contributed by atoms with Crippen molar-refractivity contribution in [1.82, 2.24) is 5.32 Å². The van der Waals surface area contributed by atoms with Crippen molar-refractivity contribution in [3.05, 3.63) is 34.9 Å². The molecule has 6 heteroatoms. The molecule has 2 rings (SSSR count). The lowest BCUT2D eigenvalue weighted by molar-refractivity contribution is -0.174. The number of nitrogens with one attached hydrogen (secondary N) is 1. The Hall–Kier alpha value is -1.56. The van der Waals surface area contributed by atoms with Gasteiger partial charge in [-0.3, -0.25) is 4.79 Å². The fourth-order valence-corrected chi connectivity index (χ4v) is 2.38. The summed E-state index contributed by atoms with van der Waals surface area (Å²) in [5.41, 5.74) is 8.37. The zero-order valence-electron chi connectivity index (χ0n) is 10.4. The molecule has 0 fully saturated rings. The number of aryl methyl sites for hydroxylation is 1. The Bertz CT molecular complexity index is 499. The maximum absolute atomic E-state index is 12.3. The molecule has 0 spiro atoms. The second kappa shape index (κ2) is 4.85. The van der Waals surface area contributed by atoms with Crippen LogP contribution in [0.5, 0.6) is 0 Å². The van der Waals surface area contributed by atoms with Crippen LogP contribution in [0.3, 0.4) is 0 Å². The topological polar surface area (TPSA) is 55.1 Å². The van der Waals surface area contributed by atoms with Crippen molar-refractivity contribution in [2.45, 2.75) is 38.0 Å². The number of nitrogens with two attached hydrogens (primary N) is 1. The van der Waals surface area contributed by atoms with Crippen LogP contribution in [0.25, 0.3) is 0 Å². The number of hydrogen-bond donors (Lipinski definition) is 2. The summed E-state index contributed by atoms with van der Waals surface area (Å²) in [4.78, 5) is 11.0. The molecule has 19 heavy (non-hydrogen) atoms. The van der Waals surface area contributed by atoms with Crippen LogP contribution < -0.4 is 11.1 Å². The van der Waals surface area contributed by atoms with Gasteiger partial charge < -0.3 is 11.1 Å². The summed E-state index contributed by atoms with van der Waals surface area (Å²) in [6.07, 6.45) is -3.89. The highest BCUT2D eigenvalue weighted by Gasteiger charge is 2.40. The third-order valence-electron chi connectivity index (χ3n) is 3.35. The lowest BCUT2D eigenvalue weighted by atomic mass is 9.83. The molecule has 0 saturated heterocycles. The molecule has 1 aliphatic carbocycles. The monoisotopic (exact) mass is 272 g/mol. The third kappa shape index (κ3) is 2.89. The van der Waals surface area contributed by atoms with Crippen molar-refractivity contribution < 1.29 is 18.0 Å². The molecular weight excluding hydrogens is 257 g/mol. The van der Waals surface area contributed by atoms with Crippen molar-refractivity contribution in [3.8, 4) is 0 Å². The van der Waals surface area contributed by atoms with Crippen LogP contribution in [0.2, 0.25) is 0 Å². The van der Waals surface area contributed by atoms with Gasteiger partial charge in [-0.2, -0.15) is 13.2 Å². The van der Waals surface area contributed by atoms with Crippen LogP contribution in [0.15, 0.2) is 18.2 Å². The van der Waals surface area contributed by atoms with Crippen LogP contribution in [-0.4, -0.2) is 12.1 Å². The number of halogens is 3. The lowest BCUT2D eigenvalue weighted by Crippen LogP contribution is -2.41. The van der Waals surface area contributed by atoms with E-state index >= 15 is 0 Å². The predicted molar refractivity (Wildman–Crippen MR) is 64.3 cm³/mol. The van der Waals surface area contributed by atoms with E-state index in [4.69, 9.17) is 5.73 Å². The van der Waals surface area contributed by atoms with Gasteiger partial charge in [-0.05, 0) is 30.9 Å². The minimum atomic E-state index is -4.86. The lowest BCUT2D eigenvalue weighted by Gasteiger charge is -2.30. The second-order valence-corrected chi connectivity index (χ2v) is 4.84. The summed E-state index contributed by atoms with van der Waals surface area (Å²) < 4.78 is 36.9. The first kappa shape index (κ1) is 13.9. The molecule has 0 aromatic heterocycles. The molecule has 1 aromatic carbocycles. The van der Waals surface area contributed by atoms with Crippen LogP contribution in [0.1, 0.15) is 41.6 Å². The number of rotatable bonds is 1. The molecule has 0 aliphatic heterocycles. The molecule has 2 unspecified atom stereocenters. The molecule has 0 heterocycles. The van der Waals surface area contributed by atoms with Gasteiger partial charge in [-0.15, -0.1) is 0 Å². The van der Waals surface area contributed by atoms with E-state index in [2.05, 4.69) is 0 Å². The standard InChI is InChI=1S/C13H15F3N2O/c1-7-2-3-8-9(6-7)11(5-4-10(8)17)18-12(19)13(14,15)16/h2-3,6,10-11H,4-5,17H2,1H3,(H,18,19). The Labute approximate surface area is 109 Å². The van der Waals surface area contributed by atoms with Crippen molar-refractivity contribution in [2.75, 3.05) is 0 Å². The van der Waals surface area contributed by atoms with Gasteiger partial charge in [0.1, 0.15) is 0 Å². The normalized spacial score (nSPS) is 22.8. The molecule has 1 aliphatic rings. The van der Waals surface area contributed by atoms with Crippen molar-refractivity contribution in [3.63, 3.8) is 0 Å². The average Bonchev–Trinajstić information content (AvgIpc) is 2.31.